The summed E-state index contributed by atoms with van der Waals surface area (Å²) in [4.78, 5) is 0. The van der Waals surface area contributed by atoms with E-state index < -0.39 is 0 Å². The third-order valence-electron chi connectivity index (χ3n) is 4.76. The summed E-state index contributed by atoms with van der Waals surface area (Å²) in [5, 5.41) is 0. The molecule has 1 heteroatoms. The van der Waals surface area contributed by atoms with Crippen LogP contribution in [0, 0.1) is 0 Å². The van der Waals surface area contributed by atoms with Crippen molar-refractivity contribution >= 4 is 0 Å². The van der Waals surface area contributed by atoms with Gasteiger partial charge in [0, 0.05) is 6.04 Å². The molecule has 0 rings (SSSR count). The Morgan fingerprint density at radius 1 is 0.609 bits per heavy atom. The zero-order chi connectivity index (χ0) is 17.0. The molecule has 0 spiro atoms. The van der Waals surface area contributed by atoms with Crippen molar-refractivity contribution in [1.82, 2.24) is 0 Å². The maximum Gasteiger partial charge on any atom is 0.00734 e. The SMILES string of the molecule is CCCCCCCCC=CCC(N)CCCCCCCCCC. The van der Waals surface area contributed by atoms with E-state index in [9.17, 15) is 0 Å². The van der Waals surface area contributed by atoms with Gasteiger partial charge in [-0.05, 0) is 25.7 Å². The van der Waals surface area contributed by atoms with Gasteiger partial charge >= 0.3 is 0 Å². The lowest BCUT2D eigenvalue weighted by Crippen LogP contribution is -2.18. The van der Waals surface area contributed by atoms with Crippen LogP contribution >= 0.6 is 0 Å². The zero-order valence-corrected chi connectivity index (χ0v) is 16.3. The number of rotatable bonds is 18. The Hall–Kier alpha value is -0.300. The molecular formula is C22H45N. The summed E-state index contributed by atoms with van der Waals surface area (Å²) in [5.74, 6) is 0. The Bertz CT molecular complexity index is 234. The van der Waals surface area contributed by atoms with Gasteiger partial charge in [-0.15, -0.1) is 0 Å². The van der Waals surface area contributed by atoms with E-state index in [1.807, 2.05) is 0 Å². The molecule has 0 aliphatic carbocycles. The second-order valence-corrected chi connectivity index (χ2v) is 7.29. The van der Waals surface area contributed by atoms with Crippen LogP contribution in [0.5, 0.6) is 0 Å². The topological polar surface area (TPSA) is 26.0 Å². The second kappa shape index (κ2) is 19.7. The fourth-order valence-electron chi connectivity index (χ4n) is 3.09. The Balaban J connectivity index is 3.23. The van der Waals surface area contributed by atoms with Gasteiger partial charge in [0.05, 0.1) is 0 Å². The third kappa shape index (κ3) is 19.7. The number of nitrogens with two attached hydrogens (primary N) is 1. The molecule has 0 aliphatic heterocycles. The normalized spacial score (nSPS) is 13.0. The highest BCUT2D eigenvalue weighted by atomic mass is 14.6. The van der Waals surface area contributed by atoms with Gasteiger partial charge in [-0.2, -0.15) is 0 Å². The highest BCUT2D eigenvalue weighted by Gasteiger charge is 1.99. The molecule has 0 amide bonds. The van der Waals surface area contributed by atoms with Crippen LogP contribution in [-0.4, -0.2) is 6.04 Å². The van der Waals surface area contributed by atoms with Crippen LogP contribution in [0.4, 0.5) is 0 Å². The maximum absolute atomic E-state index is 6.20. The highest BCUT2D eigenvalue weighted by molar-refractivity contribution is 4.85. The Labute approximate surface area is 147 Å². The summed E-state index contributed by atoms with van der Waals surface area (Å²) in [6.45, 7) is 4.56. The molecule has 0 fully saturated rings. The molecule has 0 saturated carbocycles. The molecule has 0 radical (unpaired) electrons. The predicted molar refractivity (Wildman–Crippen MR) is 107 cm³/mol. The van der Waals surface area contributed by atoms with E-state index >= 15 is 0 Å². The van der Waals surface area contributed by atoms with Crippen LogP contribution in [0.25, 0.3) is 0 Å². The van der Waals surface area contributed by atoms with Gasteiger partial charge < -0.3 is 5.73 Å². The van der Waals surface area contributed by atoms with E-state index in [2.05, 4.69) is 26.0 Å². The van der Waals surface area contributed by atoms with Crippen molar-refractivity contribution in [3.8, 4) is 0 Å². The molecule has 1 atom stereocenters. The van der Waals surface area contributed by atoms with Crippen LogP contribution < -0.4 is 5.73 Å². The summed E-state index contributed by atoms with van der Waals surface area (Å²) < 4.78 is 0. The minimum Gasteiger partial charge on any atom is -0.327 e. The van der Waals surface area contributed by atoms with Crippen LogP contribution in [0.1, 0.15) is 123 Å². The van der Waals surface area contributed by atoms with Gasteiger partial charge in [-0.3, -0.25) is 0 Å². The van der Waals surface area contributed by atoms with Crippen LogP contribution in [-0.2, 0) is 0 Å². The van der Waals surface area contributed by atoms with Crippen molar-refractivity contribution in [3.05, 3.63) is 12.2 Å². The van der Waals surface area contributed by atoms with Gasteiger partial charge in [-0.1, -0.05) is 109 Å². The lowest BCUT2D eigenvalue weighted by Gasteiger charge is -2.08. The van der Waals surface area contributed by atoms with Crippen molar-refractivity contribution < 1.29 is 0 Å². The van der Waals surface area contributed by atoms with Crippen molar-refractivity contribution in [2.75, 3.05) is 0 Å². The maximum atomic E-state index is 6.20. The van der Waals surface area contributed by atoms with Crippen molar-refractivity contribution in [2.45, 2.75) is 129 Å². The lowest BCUT2D eigenvalue weighted by atomic mass is 10.0. The molecule has 0 aromatic heterocycles. The van der Waals surface area contributed by atoms with Crippen molar-refractivity contribution in [2.24, 2.45) is 5.73 Å². The first-order valence-electron chi connectivity index (χ1n) is 10.7. The standard InChI is InChI=1S/C22H45N/c1-3-5-7-9-11-13-15-17-19-21-22(23)20-18-16-14-12-10-8-6-4-2/h17,19,22H,3-16,18,20-21,23H2,1-2H3. The van der Waals surface area contributed by atoms with E-state index in [0.29, 0.717) is 6.04 Å². The quantitative estimate of drug-likeness (QED) is 0.204. The minimum atomic E-state index is 0.385. The first-order valence-corrected chi connectivity index (χ1v) is 10.7. The van der Waals surface area contributed by atoms with E-state index in [0.717, 1.165) is 6.42 Å². The van der Waals surface area contributed by atoms with E-state index in [1.54, 1.807) is 0 Å². The lowest BCUT2D eigenvalue weighted by molar-refractivity contribution is 0.528. The van der Waals surface area contributed by atoms with Crippen molar-refractivity contribution in [1.29, 1.82) is 0 Å². The average Bonchev–Trinajstić information content (AvgIpc) is 2.56. The Kier molecular flexibility index (Phi) is 19.5. The predicted octanol–water partition coefficient (Wildman–Crippen LogP) is 7.54. The number of allylic oxidation sites excluding steroid dienone is 1. The fourth-order valence-corrected chi connectivity index (χ4v) is 3.09. The van der Waals surface area contributed by atoms with Crippen LogP contribution in [0.3, 0.4) is 0 Å². The van der Waals surface area contributed by atoms with E-state index in [-0.39, 0.29) is 0 Å². The van der Waals surface area contributed by atoms with Crippen molar-refractivity contribution in [3.63, 3.8) is 0 Å². The minimum absolute atomic E-state index is 0.385. The molecule has 0 saturated heterocycles. The molecule has 138 valence electrons. The summed E-state index contributed by atoms with van der Waals surface area (Å²) in [7, 11) is 0. The summed E-state index contributed by atoms with van der Waals surface area (Å²) in [6.07, 6.45) is 27.7. The molecule has 0 heterocycles. The monoisotopic (exact) mass is 323 g/mol. The molecular weight excluding hydrogens is 278 g/mol. The van der Waals surface area contributed by atoms with Gasteiger partial charge in [-0.25, -0.2) is 0 Å². The molecule has 23 heavy (non-hydrogen) atoms. The smallest absolute Gasteiger partial charge is 0.00734 e. The number of hydrogen-bond acceptors (Lipinski definition) is 1. The average molecular weight is 324 g/mol. The van der Waals surface area contributed by atoms with E-state index in [1.165, 1.54) is 103 Å². The summed E-state index contributed by atoms with van der Waals surface area (Å²) in [5.41, 5.74) is 6.20. The summed E-state index contributed by atoms with van der Waals surface area (Å²) in [6, 6.07) is 0.385. The molecule has 0 aromatic rings. The summed E-state index contributed by atoms with van der Waals surface area (Å²) >= 11 is 0. The van der Waals surface area contributed by atoms with Gasteiger partial charge in [0.15, 0.2) is 0 Å². The Morgan fingerprint density at radius 3 is 1.65 bits per heavy atom. The first-order chi connectivity index (χ1) is 11.3. The zero-order valence-electron chi connectivity index (χ0n) is 16.3. The molecule has 1 nitrogen and oxygen atoms in total. The van der Waals surface area contributed by atoms with Gasteiger partial charge in [0.1, 0.15) is 0 Å². The molecule has 2 N–H and O–H groups in total. The number of unbranched alkanes of at least 4 members (excludes halogenated alkanes) is 13. The largest absolute Gasteiger partial charge is 0.327 e. The fraction of sp³-hybridized carbons (Fsp3) is 0.909. The van der Waals surface area contributed by atoms with Gasteiger partial charge in [0.2, 0.25) is 0 Å². The Morgan fingerprint density at radius 2 is 1.09 bits per heavy atom. The molecule has 0 bridgehead atoms. The third-order valence-corrected chi connectivity index (χ3v) is 4.76. The molecule has 1 unspecified atom stereocenters. The first kappa shape index (κ1) is 22.7. The highest BCUT2D eigenvalue weighted by Crippen LogP contribution is 2.12. The number of hydrogen-bond donors (Lipinski definition) is 1. The van der Waals surface area contributed by atoms with Crippen LogP contribution in [0.15, 0.2) is 12.2 Å². The van der Waals surface area contributed by atoms with Gasteiger partial charge in [0.25, 0.3) is 0 Å². The molecule has 0 aromatic carbocycles. The van der Waals surface area contributed by atoms with Crippen LogP contribution in [0.2, 0.25) is 0 Å². The van der Waals surface area contributed by atoms with E-state index in [4.69, 9.17) is 5.73 Å². The second-order valence-electron chi connectivity index (χ2n) is 7.29. The molecule has 0 aliphatic rings.